The van der Waals surface area contributed by atoms with Crippen LogP contribution in [0.4, 0.5) is 5.82 Å². The first-order valence-corrected chi connectivity index (χ1v) is 10.00. The van der Waals surface area contributed by atoms with Gasteiger partial charge in [-0.05, 0) is 53.0 Å². The molecule has 0 spiro atoms. The first-order chi connectivity index (χ1) is 13.3. The minimum absolute atomic E-state index is 0.0196. The average molecular weight is 446 g/mol. The molecule has 0 aliphatic carbocycles. The van der Waals surface area contributed by atoms with E-state index < -0.39 is 0 Å². The summed E-state index contributed by atoms with van der Waals surface area (Å²) in [4.78, 5) is 36.3. The molecule has 1 N–H and O–H groups in total. The third-order valence-electron chi connectivity index (χ3n) is 5.10. The molecular weight excluding hydrogens is 422 g/mol. The number of hydrogen-bond acceptors (Lipinski definition) is 5. The molecular formula is C20H24BrN5O2. The predicted molar refractivity (Wildman–Crippen MR) is 111 cm³/mol. The number of anilines is 1. The van der Waals surface area contributed by atoms with E-state index in [4.69, 9.17) is 0 Å². The molecule has 2 atom stereocenters. The molecule has 3 heterocycles. The van der Waals surface area contributed by atoms with E-state index in [1.807, 2.05) is 25.3 Å². The number of amides is 2. The number of pyridine rings is 2. The van der Waals surface area contributed by atoms with Gasteiger partial charge < -0.3 is 15.1 Å². The van der Waals surface area contributed by atoms with Crippen molar-refractivity contribution in [2.75, 3.05) is 25.5 Å². The van der Waals surface area contributed by atoms with E-state index in [2.05, 4.69) is 31.2 Å². The number of aromatic nitrogens is 2. The second-order valence-electron chi connectivity index (χ2n) is 7.06. The number of nitrogens with one attached hydrogen (secondary N) is 1. The Labute approximate surface area is 173 Å². The number of nitrogens with zero attached hydrogens (tertiary/aromatic N) is 4. The number of carbonyl (C=O) groups is 2. The highest BCUT2D eigenvalue weighted by Crippen LogP contribution is 2.21. The number of likely N-dealkylation sites (tertiary alicyclic amines) is 1. The van der Waals surface area contributed by atoms with Gasteiger partial charge in [-0.2, -0.15) is 0 Å². The summed E-state index contributed by atoms with van der Waals surface area (Å²) in [5, 5.41) is 3.31. The fourth-order valence-electron chi connectivity index (χ4n) is 3.26. The number of carbonyl (C=O) groups excluding carboxylic acids is 2. The zero-order valence-corrected chi connectivity index (χ0v) is 17.8. The molecule has 1 saturated heterocycles. The van der Waals surface area contributed by atoms with Crippen LogP contribution in [0.15, 0.2) is 41.3 Å². The van der Waals surface area contributed by atoms with Gasteiger partial charge in [-0.3, -0.25) is 14.6 Å². The molecule has 2 aromatic rings. The quantitative estimate of drug-likeness (QED) is 0.764. The largest absolute Gasteiger partial charge is 0.363 e. The van der Waals surface area contributed by atoms with E-state index in [9.17, 15) is 9.59 Å². The highest BCUT2D eigenvalue weighted by Gasteiger charge is 2.30. The summed E-state index contributed by atoms with van der Waals surface area (Å²) in [7, 11) is 1.78. The number of rotatable bonds is 5. The maximum atomic E-state index is 12.7. The van der Waals surface area contributed by atoms with E-state index in [0.717, 1.165) is 16.5 Å². The molecule has 2 aromatic heterocycles. The Kier molecular flexibility index (Phi) is 6.28. The summed E-state index contributed by atoms with van der Waals surface area (Å²) >= 11 is 3.42. The van der Waals surface area contributed by atoms with E-state index in [-0.39, 0.29) is 23.9 Å². The minimum atomic E-state index is -0.0530. The zero-order chi connectivity index (χ0) is 20.3. The third kappa shape index (κ3) is 4.67. The van der Waals surface area contributed by atoms with E-state index in [1.165, 1.54) is 0 Å². The first kappa shape index (κ1) is 20.3. The van der Waals surface area contributed by atoms with Crippen molar-refractivity contribution in [1.82, 2.24) is 19.8 Å². The lowest BCUT2D eigenvalue weighted by molar-refractivity contribution is -0.129. The van der Waals surface area contributed by atoms with Crippen LogP contribution in [-0.4, -0.2) is 57.8 Å². The lowest BCUT2D eigenvalue weighted by atomic mass is 10.1. The summed E-state index contributed by atoms with van der Waals surface area (Å²) in [5.74, 6) is 0.661. The Bertz CT molecular complexity index is 858. The molecule has 0 unspecified atom stereocenters. The second-order valence-corrected chi connectivity index (χ2v) is 7.97. The molecule has 7 nitrogen and oxygen atoms in total. The summed E-state index contributed by atoms with van der Waals surface area (Å²) in [5.41, 5.74) is 1.59. The minimum Gasteiger partial charge on any atom is -0.363 e. The van der Waals surface area contributed by atoms with Gasteiger partial charge in [0.1, 0.15) is 5.82 Å². The molecule has 2 amide bonds. The molecule has 1 fully saturated rings. The molecule has 1 aliphatic heterocycles. The molecule has 28 heavy (non-hydrogen) atoms. The van der Waals surface area contributed by atoms with Crippen LogP contribution in [-0.2, 0) is 4.79 Å². The SMILES string of the molecule is CC(=O)N(C)[C@H]1CCN(C(=O)c2ccc(N[C@@H](C)c3cncc(Br)c3)nc2)C1. The molecule has 0 bridgehead atoms. The lowest BCUT2D eigenvalue weighted by Crippen LogP contribution is -2.38. The standard InChI is InChI=1S/C20H24BrN5O2/c1-13(16-8-17(21)11-22-9-16)24-19-5-4-15(10-23-19)20(28)26-7-6-18(12-26)25(3)14(2)27/h4-5,8-11,13,18H,6-7,12H2,1-3H3,(H,23,24)/t13-,18-/m0/s1. The molecule has 0 saturated carbocycles. The van der Waals surface area contributed by atoms with Crippen LogP contribution >= 0.6 is 15.9 Å². The van der Waals surface area contributed by atoms with Gasteiger partial charge >= 0.3 is 0 Å². The number of hydrogen-bond donors (Lipinski definition) is 1. The van der Waals surface area contributed by atoms with Crippen LogP contribution in [0.3, 0.4) is 0 Å². The number of halogens is 1. The van der Waals surface area contributed by atoms with Gasteiger partial charge in [0.15, 0.2) is 0 Å². The van der Waals surface area contributed by atoms with Gasteiger partial charge in [0.05, 0.1) is 17.6 Å². The van der Waals surface area contributed by atoms with Crippen molar-refractivity contribution >= 4 is 33.6 Å². The zero-order valence-electron chi connectivity index (χ0n) is 16.2. The summed E-state index contributed by atoms with van der Waals surface area (Å²) in [6.07, 6.45) is 5.94. The molecule has 0 radical (unpaired) electrons. The molecule has 8 heteroatoms. The van der Waals surface area contributed by atoms with Crippen molar-refractivity contribution in [1.29, 1.82) is 0 Å². The maximum absolute atomic E-state index is 12.7. The number of likely N-dealkylation sites (N-methyl/N-ethyl adjacent to an activating group) is 1. The smallest absolute Gasteiger partial charge is 0.255 e. The Morgan fingerprint density at radius 3 is 2.75 bits per heavy atom. The third-order valence-corrected chi connectivity index (χ3v) is 5.53. The normalized spacial score (nSPS) is 17.3. The van der Waals surface area contributed by atoms with E-state index >= 15 is 0 Å². The highest BCUT2D eigenvalue weighted by atomic mass is 79.9. The van der Waals surface area contributed by atoms with Crippen LogP contribution < -0.4 is 5.32 Å². The summed E-state index contributed by atoms with van der Waals surface area (Å²) in [6, 6.07) is 5.70. The van der Waals surface area contributed by atoms with Gasteiger partial charge in [-0.25, -0.2) is 4.98 Å². The molecule has 148 valence electrons. The Morgan fingerprint density at radius 1 is 1.32 bits per heavy atom. The van der Waals surface area contributed by atoms with E-state index in [1.54, 1.807) is 42.2 Å². The van der Waals surface area contributed by atoms with Crippen LogP contribution in [0.5, 0.6) is 0 Å². The van der Waals surface area contributed by atoms with Gasteiger partial charge in [-0.15, -0.1) is 0 Å². The van der Waals surface area contributed by atoms with Crippen molar-refractivity contribution in [2.45, 2.75) is 32.4 Å². The van der Waals surface area contributed by atoms with Crippen LogP contribution in [0.25, 0.3) is 0 Å². The maximum Gasteiger partial charge on any atom is 0.255 e. The fourth-order valence-corrected chi connectivity index (χ4v) is 3.64. The first-order valence-electron chi connectivity index (χ1n) is 9.21. The van der Waals surface area contributed by atoms with Crippen molar-refractivity contribution in [3.05, 3.63) is 52.4 Å². The molecule has 1 aliphatic rings. The van der Waals surface area contributed by atoms with Crippen molar-refractivity contribution in [2.24, 2.45) is 0 Å². The Hall–Kier alpha value is -2.48. The Morgan fingerprint density at radius 2 is 2.11 bits per heavy atom. The second kappa shape index (κ2) is 8.68. The predicted octanol–water partition coefficient (Wildman–Crippen LogP) is 3.11. The monoisotopic (exact) mass is 445 g/mol. The van der Waals surface area contributed by atoms with Gasteiger partial charge in [-0.1, -0.05) is 0 Å². The topological polar surface area (TPSA) is 78.4 Å². The van der Waals surface area contributed by atoms with Crippen molar-refractivity contribution < 1.29 is 9.59 Å². The van der Waals surface area contributed by atoms with Gasteiger partial charge in [0, 0.05) is 50.1 Å². The van der Waals surface area contributed by atoms with Crippen LogP contribution in [0, 0.1) is 0 Å². The Balaban J connectivity index is 1.61. The van der Waals surface area contributed by atoms with Gasteiger partial charge in [0.2, 0.25) is 5.91 Å². The lowest BCUT2D eigenvalue weighted by Gasteiger charge is -2.23. The molecule has 0 aromatic carbocycles. The van der Waals surface area contributed by atoms with Crippen molar-refractivity contribution in [3.8, 4) is 0 Å². The summed E-state index contributed by atoms with van der Waals surface area (Å²) < 4.78 is 0.923. The van der Waals surface area contributed by atoms with Gasteiger partial charge in [0.25, 0.3) is 5.91 Å². The van der Waals surface area contributed by atoms with Crippen molar-refractivity contribution in [3.63, 3.8) is 0 Å². The van der Waals surface area contributed by atoms with Crippen LogP contribution in [0.2, 0.25) is 0 Å². The van der Waals surface area contributed by atoms with E-state index in [0.29, 0.717) is 24.5 Å². The molecule has 3 rings (SSSR count). The fraction of sp³-hybridized carbons (Fsp3) is 0.400. The van der Waals surface area contributed by atoms with Crippen LogP contribution in [0.1, 0.15) is 42.2 Å². The average Bonchev–Trinajstić information content (AvgIpc) is 3.17. The highest BCUT2D eigenvalue weighted by molar-refractivity contribution is 9.10. The summed E-state index contributed by atoms with van der Waals surface area (Å²) in [6.45, 7) is 4.78.